The van der Waals surface area contributed by atoms with Gasteiger partial charge in [-0.2, -0.15) is 0 Å². The third-order valence-electron chi connectivity index (χ3n) is 12.5. The maximum atomic E-state index is 15.2. The summed E-state index contributed by atoms with van der Waals surface area (Å²) in [6, 6.07) is 8.60. The van der Waals surface area contributed by atoms with Gasteiger partial charge in [0.1, 0.15) is 18.3 Å². The van der Waals surface area contributed by atoms with Crippen LogP contribution in [-0.2, 0) is 28.6 Å². The number of hydrogen-bond donors (Lipinski definition) is 2. The largest absolute Gasteiger partial charge is 0.461 e. The van der Waals surface area contributed by atoms with Gasteiger partial charge in [-0.15, -0.1) is 0 Å². The van der Waals surface area contributed by atoms with Crippen LogP contribution in [0.4, 0.5) is 0 Å². The van der Waals surface area contributed by atoms with Gasteiger partial charge in [0.15, 0.2) is 17.5 Å². The predicted octanol–water partition coefficient (Wildman–Crippen LogP) is 5.48. The fourth-order valence-corrected chi connectivity index (χ4v) is 8.81. The summed E-state index contributed by atoms with van der Waals surface area (Å²) in [6.45, 7) is 18.2. The summed E-state index contributed by atoms with van der Waals surface area (Å²) in [6.07, 6.45) is 0.689. The molecule has 1 spiro atoms. The third kappa shape index (κ3) is 5.01. The molecule has 5 rings (SSSR count). The summed E-state index contributed by atoms with van der Waals surface area (Å²) in [4.78, 5) is 55.4. The Morgan fingerprint density at radius 2 is 1.52 bits per heavy atom. The second kappa shape index (κ2) is 12.2. The van der Waals surface area contributed by atoms with Gasteiger partial charge in [-0.05, 0) is 61.3 Å². The van der Waals surface area contributed by atoms with E-state index < -0.39 is 81.7 Å². The number of carbonyl (C=O) groups is 4. The van der Waals surface area contributed by atoms with E-state index in [-0.39, 0.29) is 30.6 Å². The van der Waals surface area contributed by atoms with Crippen LogP contribution in [0.5, 0.6) is 0 Å². The van der Waals surface area contributed by atoms with Crippen LogP contribution in [0, 0.1) is 52.3 Å². The molecule has 11 atom stereocenters. The molecular weight excluding hydrogens is 612 g/mol. The lowest BCUT2D eigenvalue weighted by Crippen LogP contribution is -2.65. The predicted molar refractivity (Wildman–Crippen MR) is 178 cm³/mol. The number of ether oxygens (including phenoxy) is 3. The molecule has 0 amide bonds. The van der Waals surface area contributed by atoms with Crippen molar-refractivity contribution in [2.24, 2.45) is 52.3 Å². The van der Waals surface area contributed by atoms with Gasteiger partial charge < -0.3 is 24.4 Å². The third-order valence-corrected chi connectivity index (χ3v) is 12.5. The van der Waals surface area contributed by atoms with Crippen molar-refractivity contribution in [3.8, 4) is 0 Å². The van der Waals surface area contributed by atoms with Crippen molar-refractivity contribution in [3.63, 3.8) is 0 Å². The topological polar surface area (TPSA) is 136 Å². The van der Waals surface area contributed by atoms with Crippen LogP contribution in [0.15, 0.2) is 53.6 Å². The maximum Gasteiger partial charge on any atom is 0.338 e. The van der Waals surface area contributed by atoms with Crippen LogP contribution in [0.3, 0.4) is 0 Å². The minimum Gasteiger partial charge on any atom is -0.461 e. The average Bonchev–Trinajstić information content (AvgIpc) is 3.48. The van der Waals surface area contributed by atoms with Gasteiger partial charge in [0.05, 0.1) is 22.8 Å². The standard InChI is InChI=1S/C39H52O9/c1-20(2)25(8)33(42)47-32-23(6)17-37-24(7)18-38(48-34(43)26(9)21(3)4)29(28(31(37)41)16-22(5)30(40)39(32,37)45)36(38,10)19-46-35(44)27-14-12-11-13-15-27/h11-17,20-21,24-26,28-30,32,40,45H,18-19H2,1-10H3/t24-,25?,26?,28+,29-,30-,32+,36+,37+,38-,39+/m1/s1. The number of fused-ring (bicyclic) bond motifs is 3. The number of esters is 3. The first kappa shape index (κ1) is 36.0. The fourth-order valence-electron chi connectivity index (χ4n) is 8.81. The zero-order valence-corrected chi connectivity index (χ0v) is 29.9. The van der Waals surface area contributed by atoms with Crippen molar-refractivity contribution in [1.82, 2.24) is 0 Å². The molecule has 2 bridgehead atoms. The molecular formula is C39H52O9. The summed E-state index contributed by atoms with van der Waals surface area (Å²) >= 11 is 0. The van der Waals surface area contributed by atoms with E-state index >= 15 is 4.79 Å². The van der Waals surface area contributed by atoms with Crippen molar-refractivity contribution < 1.29 is 43.6 Å². The Bertz CT molecular complexity index is 1540. The fraction of sp³-hybridized carbons (Fsp3) is 0.641. The van der Waals surface area contributed by atoms with Crippen LogP contribution in [-0.4, -0.2) is 63.9 Å². The van der Waals surface area contributed by atoms with Crippen LogP contribution in [0.1, 0.15) is 86.0 Å². The lowest BCUT2D eigenvalue weighted by Gasteiger charge is -2.49. The quantitative estimate of drug-likeness (QED) is 0.200. The Morgan fingerprint density at radius 1 is 0.938 bits per heavy atom. The van der Waals surface area contributed by atoms with E-state index in [9.17, 15) is 24.6 Å². The van der Waals surface area contributed by atoms with Crippen molar-refractivity contribution >= 4 is 23.7 Å². The smallest absolute Gasteiger partial charge is 0.338 e. The molecule has 2 saturated carbocycles. The first-order valence-corrected chi connectivity index (χ1v) is 17.3. The Kier molecular flexibility index (Phi) is 9.17. The molecule has 1 aromatic carbocycles. The van der Waals surface area contributed by atoms with E-state index in [1.807, 2.05) is 41.5 Å². The summed E-state index contributed by atoms with van der Waals surface area (Å²) in [5.74, 6) is -4.99. The highest BCUT2D eigenvalue weighted by molar-refractivity contribution is 5.96. The van der Waals surface area contributed by atoms with E-state index in [4.69, 9.17) is 14.2 Å². The van der Waals surface area contributed by atoms with Crippen LogP contribution < -0.4 is 0 Å². The Labute approximate surface area is 284 Å². The van der Waals surface area contributed by atoms with Gasteiger partial charge in [0, 0.05) is 17.3 Å². The molecule has 2 N–H and O–H groups in total. The number of Topliss-reactive ketones (excluding diaryl/α,β-unsaturated/α-hetero) is 1. The molecule has 9 nitrogen and oxygen atoms in total. The molecule has 9 heteroatoms. The number of ketones is 1. The van der Waals surface area contributed by atoms with Gasteiger partial charge in [-0.25, -0.2) is 4.79 Å². The summed E-state index contributed by atoms with van der Waals surface area (Å²) in [7, 11) is 0. The van der Waals surface area contributed by atoms with Crippen LogP contribution >= 0.6 is 0 Å². The highest BCUT2D eigenvalue weighted by Gasteiger charge is 2.85. The van der Waals surface area contributed by atoms with Gasteiger partial charge in [-0.3, -0.25) is 14.4 Å². The molecule has 0 aromatic heterocycles. The number of allylic oxidation sites excluding steroid dienone is 1. The Balaban J connectivity index is 1.62. The zero-order valence-electron chi connectivity index (χ0n) is 29.9. The van der Waals surface area contributed by atoms with Gasteiger partial charge in [0.2, 0.25) is 0 Å². The van der Waals surface area contributed by atoms with E-state index in [0.717, 1.165) is 0 Å². The molecule has 2 unspecified atom stereocenters. The molecule has 262 valence electrons. The van der Waals surface area contributed by atoms with Crippen LogP contribution in [0.25, 0.3) is 0 Å². The van der Waals surface area contributed by atoms with E-state index in [1.54, 1.807) is 70.2 Å². The SMILES string of the molecule is CC1=C[C@@H]2C(=O)[C@]3(C=C(C)[C@H](OC(=O)C(C)C(C)C)[C@@]3(O)[C@@H]1O)[C@H](C)C[C@@]1(OC(=O)C(C)C(C)C)[C@H]2[C@]1(C)COC(=O)c1ccccc1. The molecule has 2 fully saturated rings. The van der Waals surface area contributed by atoms with Gasteiger partial charge in [0.25, 0.3) is 0 Å². The number of benzene rings is 1. The monoisotopic (exact) mass is 664 g/mol. The van der Waals surface area contributed by atoms with Gasteiger partial charge in [-0.1, -0.05) is 85.7 Å². The second-order valence-corrected chi connectivity index (χ2v) is 15.9. The minimum atomic E-state index is -2.21. The first-order valence-electron chi connectivity index (χ1n) is 17.3. The van der Waals surface area contributed by atoms with Crippen molar-refractivity contribution in [2.75, 3.05) is 6.61 Å². The van der Waals surface area contributed by atoms with E-state index in [0.29, 0.717) is 16.7 Å². The Morgan fingerprint density at radius 3 is 2.10 bits per heavy atom. The number of hydrogen-bond acceptors (Lipinski definition) is 9. The molecule has 48 heavy (non-hydrogen) atoms. The minimum absolute atomic E-state index is 0.00871. The van der Waals surface area contributed by atoms with Crippen molar-refractivity contribution in [3.05, 3.63) is 59.2 Å². The molecule has 1 aromatic rings. The Hall–Kier alpha value is -3.30. The first-order chi connectivity index (χ1) is 22.3. The normalized spacial score (nSPS) is 38.0. The number of aliphatic hydroxyl groups excluding tert-OH is 1. The number of rotatable bonds is 9. The van der Waals surface area contributed by atoms with Crippen LogP contribution in [0.2, 0.25) is 0 Å². The highest BCUT2D eigenvalue weighted by atomic mass is 16.6. The lowest BCUT2D eigenvalue weighted by molar-refractivity contribution is -0.206. The zero-order chi connectivity index (χ0) is 35.7. The summed E-state index contributed by atoms with van der Waals surface area (Å²) in [5, 5.41) is 24.8. The average molecular weight is 665 g/mol. The van der Waals surface area contributed by atoms with E-state index in [1.165, 1.54) is 0 Å². The second-order valence-electron chi connectivity index (χ2n) is 15.9. The lowest BCUT2D eigenvalue weighted by atomic mass is 9.59. The van der Waals surface area contributed by atoms with Crippen molar-refractivity contribution in [1.29, 1.82) is 0 Å². The molecule has 0 radical (unpaired) electrons. The molecule has 4 aliphatic rings. The highest BCUT2D eigenvalue weighted by Crippen LogP contribution is 2.75. The number of carbonyl (C=O) groups excluding carboxylic acids is 4. The van der Waals surface area contributed by atoms with E-state index in [2.05, 4.69) is 0 Å². The van der Waals surface area contributed by atoms with Crippen molar-refractivity contribution in [2.45, 2.75) is 99.1 Å². The summed E-state index contributed by atoms with van der Waals surface area (Å²) in [5.41, 5.74) is -4.86. The summed E-state index contributed by atoms with van der Waals surface area (Å²) < 4.78 is 18.4. The van der Waals surface area contributed by atoms with Gasteiger partial charge >= 0.3 is 17.9 Å². The molecule has 0 saturated heterocycles. The molecule has 0 heterocycles. The molecule has 4 aliphatic carbocycles. The molecule has 0 aliphatic heterocycles. The maximum absolute atomic E-state index is 15.2. The number of aliphatic hydroxyl groups is 2.